The van der Waals surface area contributed by atoms with Crippen molar-refractivity contribution in [1.82, 2.24) is 14.8 Å². The predicted molar refractivity (Wildman–Crippen MR) is 65.8 cm³/mol. The molecule has 0 radical (unpaired) electrons. The third-order valence-corrected chi connectivity index (χ3v) is 2.74. The van der Waals surface area contributed by atoms with Gasteiger partial charge in [0.2, 0.25) is 0 Å². The summed E-state index contributed by atoms with van der Waals surface area (Å²) in [6.07, 6.45) is 3.08. The highest BCUT2D eigenvalue weighted by Crippen LogP contribution is 2.21. The van der Waals surface area contributed by atoms with Gasteiger partial charge < -0.3 is 5.11 Å². The van der Waals surface area contributed by atoms with Crippen molar-refractivity contribution in [2.24, 2.45) is 0 Å². The van der Waals surface area contributed by atoms with Crippen LogP contribution in [0, 0.1) is 5.82 Å². The second-order valence-corrected chi connectivity index (χ2v) is 3.94. The van der Waals surface area contributed by atoms with E-state index in [4.69, 9.17) is 5.11 Å². The summed E-state index contributed by atoms with van der Waals surface area (Å²) in [7, 11) is 0. The molecule has 3 aromatic rings. The summed E-state index contributed by atoms with van der Waals surface area (Å²) in [6.45, 7) is 0. The van der Waals surface area contributed by atoms with E-state index in [-0.39, 0.29) is 11.5 Å². The van der Waals surface area contributed by atoms with Crippen LogP contribution in [0.5, 0.6) is 0 Å². The fourth-order valence-electron chi connectivity index (χ4n) is 1.88. The van der Waals surface area contributed by atoms with Crippen molar-refractivity contribution in [3.05, 3.63) is 54.2 Å². The molecule has 2 heterocycles. The fraction of sp³-hybridized carbons (Fsp3) is 0. The molecule has 19 heavy (non-hydrogen) atoms. The molecule has 0 amide bonds. The normalized spacial score (nSPS) is 10.8. The maximum atomic E-state index is 13.3. The van der Waals surface area contributed by atoms with E-state index < -0.39 is 5.97 Å². The Morgan fingerprint density at radius 1 is 1.26 bits per heavy atom. The van der Waals surface area contributed by atoms with Crippen LogP contribution in [-0.2, 0) is 0 Å². The quantitative estimate of drug-likeness (QED) is 0.764. The lowest BCUT2D eigenvalue weighted by Gasteiger charge is -2.05. The van der Waals surface area contributed by atoms with Gasteiger partial charge in [0.05, 0.1) is 11.2 Å². The number of hydrogen-bond acceptors (Lipinski definition) is 3. The van der Waals surface area contributed by atoms with Crippen LogP contribution in [0.2, 0.25) is 0 Å². The van der Waals surface area contributed by atoms with Gasteiger partial charge in [-0.2, -0.15) is 5.10 Å². The van der Waals surface area contributed by atoms with E-state index in [2.05, 4.69) is 10.1 Å². The number of carbonyl (C=O) groups is 1. The van der Waals surface area contributed by atoms with Gasteiger partial charge in [-0.3, -0.25) is 4.98 Å². The van der Waals surface area contributed by atoms with E-state index in [0.717, 1.165) is 0 Å². The third-order valence-electron chi connectivity index (χ3n) is 2.74. The number of benzene rings is 1. The van der Waals surface area contributed by atoms with Crippen molar-refractivity contribution < 1.29 is 14.3 Å². The van der Waals surface area contributed by atoms with Crippen molar-refractivity contribution >= 4 is 16.9 Å². The Bertz CT molecular complexity index is 782. The molecule has 0 atom stereocenters. The molecule has 1 aromatic carbocycles. The van der Waals surface area contributed by atoms with Crippen molar-refractivity contribution in [2.45, 2.75) is 0 Å². The summed E-state index contributed by atoms with van der Waals surface area (Å²) in [5, 5.41) is 13.4. The second-order valence-electron chi connectivity index (χ2n) is 3.94. The summed E-state index contributed by atoms with van der Waals surface area (Å²) < 4.78 is 14.7. The molecule has 1 N–H and O–H groups in total. The maximum absolute atomic E-state index is 13.3. The molecule has 3 rings (SSSR count). The lowest BCUT2D eigenvalue weighted by molar-refractivity contribution is 0.0690. The van der Waals surface area contributed by atoms with Gasteiger partial charge in [0.25, 0.3) is 0 Å². The molecule has 0 aliphatic carbocycles. The monoisotopic (exact) mass is 257 g/mol. The molecule has 0 fully saturated rings. The van der Waals surface area contributed by atoms with Gasteiger partial charge in [0.15, 0.2) is 5.69 Å². The molecule has 94 valence electrons. The Hall–Kier alpha value is -2.76. The van der Waals surface area contributed by atoms with Crippen LogP contribution in [0.15, 0.2) is 42.7 Å². The predicted octanol–water partition coefficient (Wildman–Crippen LogP) is 2.26. The number of aromatic carboxylic acids is 1. The van der Waals surface area contributed by atoms with E-state index in [1.165, 1.54) is 29.1 Å². The number of nitrogens with zero attached hydrogens (tertiary/aromatic N) is 3. The topological polar surface area (TPSA) is 68.0 Å². The molecular weight excluding hydrogens is 249 g/mol. The number of aromatic nitrogens is 3. The van der Waals surface area contributed by atoms with Crippen LogP contribution in [0.3, 0.4) is 0 Å². The Balaban J connectivity index is 2.23. The average Bonchev–Trinajstić information content (AvgIpc) is 2.87. The van der Waals surface area contributed by atoms with Gasteiger partial charge in [-0.25, -0.2) is 13.9 Å². The van der Waals surface area contributed by atoms with Crippen molar-refractivity contribution in [2.75, 3.05) is 0 Å². The van der Waals surface area contributed by atoms with E-state index >= 15 is 0 Å². The number of carboxylic acid groups (broad SMARTS) is 1. The first-order chi connectivity index (χ1) is 9.15. The van der Waals surface area contributed by atoms with Crippen LogP contribution < -0.4 is 0 Å². The molecule has 0 aliphatic rings. The third kappa shape index (κ3) is 1.93. The molecule has 0 saturated carbocycles. The number of hydrogen-bond donors (Lipinski definition) is 1. The highest BCUT2D eigenvalue weighted by atomic mass is 19.1. The summed E-state index contributed by atoms with van der Waals surface area (Å²) in [5.41, 5.74) is 1.13. The van der Waals surface area contributed by atoms with Crippen LogP contribution in [0.1, 0.15) is 10.5 Å². The number of halogens is 1. The van der Waals surface area contributed by atoms with Crippen molar-refractivity contribution in [1.29, 1.82) is 0 Å². The summed E-state index contributed by atoms with van der Waals surface area (Å²) in [5.74, 6) is -1.49. The first-order valence-electron chi connectivity index (χ1n) is 5.49. The lowest BCUT2D eigenvalue weighted by atomic mass is 10.2. The first kappa shape index (κ1) is 11.3. The van der Waals surface area contributed by atoms with Crippen LogP contribution in [0.4, 0.5) is 4.39 Å². The Labute approximate surface area is 106 Å². The zero-order valence-electron chi connectivity index (χ0n) is 9.62. The van der Waals surface area contributed by atoms with Gasteiger partial charge in [0.1, 0.15) is 5.82 Å². The molecule has 0 spiro atoms. The highest BCUT2D eigenvalue weighted by molar-refractivity contribution is 5.88. The molecule has 6 heteroatoms. The van der Waals surface area contributed by atoms with Gasteiger partial charge in [-0.15, -0.1) is 0 Å². The van der Waals surface area contributed by atoms with Crippen molar-refractivity contribution in [3.8, 4) is 5.69 Å². The fourth-order valence-corrected chi connectivity index (χ4v) is 1.88. The molecule has 0 aliphatic heterocycles. The molecule has 0 saturated heterocycles. The van der Waals surface area contributed by atoms with Crippen molar-refractivity contribution in [3.63, 3.8) is 0 Å². The minimum Gasteiger partial charge on any atom is -0.476 e. The maximum Gasteiger partial charge on any atom is 0.356 e. The Morgan fingerprint density at radius 3 is 2.84 bits per heavy atom. The lowest BCUT2D eigenvalue weighted by Crippen LogP contribution is -2.01. The van der Waals surface area contributed by atoms with E-state index in [9.17, 15) is 9.18 Å². The summed E-state index contributed by atoms with van der Waals surface area (Å²) >= 11 is 0. The van der Waals surface area contributed by atoms with Gasteiger partial charge in [-0.05, 0) is 30.3 Å². The van der Waals surface area contributed by atoms with E-state index in [1.54, 1.807) is 18.3 Å². The largest absolute Gasteiger partial charge is 0.476 e. The zero-order chi connectivity index (χ0) is 13.4. The van der Waals surface area contributed by atoms with Gasteiger partial charge in [-0.1, -0.05) is 0 Å². The molecule has 0 unspecified atom stereocenters. The number of fused-ring (bicyclic) bond motifs is 1. The zero-order valence-corrected chi connectivity index (χ0v) is 9.62. The number of pyridine rings is 1. The van der Waals surface area contributed by atoms with Crippen LogP contribution >= 0.6 is 0 Å². The number of carboxylic acids is 1. The van der Waals surface area contributed by atoms with E-state index in [1.807, 2.05) is 0 Å². The smallest absolute Gasteiger partial charge is 0.356 e. The summed E-state index contributed by atoms with van der Waals surface area (Å²) in [6, 6.07) is 7.27. The molecular formula is C13H8FN3O2. The molecule has 0 bridgehead atoms. The molecule has 5 nitrogen and oxygen atoms in total. The van der Waals surface area contributed by atoms with E-state index in [0.29, 0.717) is 16.6 Å². The summed E-state index contributed by atoms with van der Waals surface area (Å²) in [4.78, 5) is 14.9. The number of rotatable bonds is 2. The van der Waals surface area contributed by atoms with Gasteiger partial charge >= 0.3 is 5.97 Å². The van der Waals surface area contributed by atoms with Crippen LogP contribution in [0.25, 0.3) is 16.6 Å². The highest BCUT2D eigenvalue weighted by Gasteiger charge is 2.10. The second kappa shape index (κ2) is 4.16. The SMILES string of the molecule is O=C(O)c1ccn(-c2ccnc3ccc(F)cc23)n1. The first-order valence-corrected chi connectivity index (χ1v) is 5.49. The Kier molecular flexibility index (Phi) is 2.49. The van der Waals surface area contributed by atoms with Crippen LogP contribution in [-0.4, -0.2) is 25.8 Å². The standard InChI is InChI=1S/C13H8FN3O2/c14-8-1-2-10-9(7-8)12(3-5-15-10)17-6-4-11(16-17)13(18)19/h1-7H,(H,18,19). The average molecular weight is 257 g/mol. The van der Waals surface area contributed by atoms with Gasteiger partial charge in [0, 0.05) is 17.8 Å². The minimum absolute atomic E-state index is 0.0682. The molecule has 2 aromatic heterocycles. The Morgan fingerprint density at radius 2 is 2.11 bits per heavy atom. The minimum atomic E-state index is -1.11.